The van der Waals surface area contributed by atoms with Crippen LogP contribution < -0.4 is 4.72 Å². The summed E-state index contributed by atoms with van der Waals surface area (Å²) in [7, 11) is -3.86. The van der Waals surface area contributed by atoms with Crippen molar-refractivity contribution < 1.29 is 17.9 Å². The molecule has 112 valence electrons. The Labute approximate surface area is 121 Å². The number of morpholine rings is 1. The highest BCUT2D eigenvalue weighted by Gasteiger charge is 2.27. The molecule has 9 heteroatoms. The van der Waals surface area contributed by atoms with Crippen LogP contribution >= 0.6 is 0 Å². The van der Waals surface area contributed by atoms with Crippen LogP contribution in [0.3, 0.4) is 0 Å². The summed E-state index contributed by atoms with van der Waals surface area (Å²) in [6.07, 6.45) is 3.03. The Kier molecular flexibility index (Phi) is 3.62. The van der Waals surface area contributed by atoms with Gasteiger partial charge in [0.05, 0.1) is 30.5 Å². The maximum atomic E-state index is 12.2. The van der Waals surface area contributed by atoms with E-state index in [0.29, 0.717) is 18.7 Å². The number of fused-ring (bicyclic) bond motifs is 1. The fraction of sp³-hybridized carbons (Fsp3) is 0.333. The summed E-state index contributed by atoms with van der Waals surface area (Å²) in [5.74, 6) is -0.692. The van der Waals surface area contributed by atoms with E-state index in [1.807, 2.05) is 0 Å². The van der Waals surface area contributed by atoms with Gasteiger partial charge in [0.15, 0.2) is 0 Å². The largest absolute Gasteiger partial charge is 0.379 e. The van der Waals surface area contributed by atoms with E-state index in [4.69, 9.17) is 4.74 Å². The lowest BCUT2D eigenvalue weighted by molar-refractivity contribution is 0.0719. The number of ether oxygens (including phenoxy) is 1. The Hall–Kier alpha value is -1.97. The van der Waals surface area contributed by atoms with Crippen molar-refractivity contribution >= 4 is 21.6 Å². The molecule has 2 aromatic rings. The van der Waals surface area contributed by atoms with Gasteiger partial charge in [0, 0.05) is 19.3 Å². The quantitative estimate of drug-likeness (QED) is 0.836. The monoisotopic (exact) mass is 310 g/mol. The Morgan fingerprint density at radius 2 is 2.05 bits per heavy atom. The first-order valence-electron chi connectivity index (χ1n) is 6.40. The second kappa shape index (κ2) is 5.43. The average molecular weight is 310 g/mol. The molecule has 8 nitrogen and oxygen atoms in total. The number of carbonyl (C=O) groups excluding carboxylic acids is 1. The molecule has 0 saturated carbocycles. The Morgan fingerprint density at radius 3 is 2.81 bits per heavy atom. The molecule has 0 unspecified atom stereocenters. The predicted molar refractivity (Wildman–Crippen MR) is 74.0 cm³/mol. The van der Waals surface area contributed by atoms with Crippen molar-refractivity contribution in [3.05, 3.63) is 36.2 Å². The van der Waals surface area contributed by atoms with Gasteiger partial charge in [-0.3, -0.25) is 4.79 Å². The van der Waals surface area contributed by atoms with Crippen molar-refractivity contribution in [2.24, 2.45) is 0 Å². The smallest absolute Gasteiger partial charge is 0.304 e. The minimum Gasteiger partial charge on any atom is -0.379 e. The zero-order valence-corrected chi connectivity index (χ0v) is 11.9. The molecule has 1 aliphatic rings. The first-order chi connectivity index (χ1) is 10.1. The average Bonchev–Trinajstić information content (AvgIpc) is 2.92. The second-order valence-electron chi connectivity index (χ2n) is 4.54. The van der Waals surface area contributed by atoms with Crippen LogP contribution in [0.2, 0.25) is 0 Å². The van der Waals surface area contributed by atoms with Gasteiger partial charge in [0.1, 0.15) is 0 Å². The predicted octanol–water partition coefficient (Wildman–Crippen LogP) is -0.359. The zero-order chi connectivity index (χ0) is 14.9. The molecule has 3 heterocycles. The van der Waals surface area contributed by atoms with E-state index in [2.05, 4.69) is 9.82 Å². The van der Waals surface area contributed by atoms with Crippen molar-refractivity contribution in [1.29, 1.82) is 0 Å². The molecule has 2 aromatic heterocycles. The zero-order valence-electron chi connectivity index (χ0n) is 11.1. The van der Waals surface area contributed by atoms with E-state index in [0.717, 1.165) is 0 Å². The number of amides is 1. The van der Waals surface area contributed by atoms with Gasteiger partial charge >= 0.3 is 10.2 Å². The van der Waals surface area contributed by atoms with Crippen LogP contribution in [0.15, 0.2) is 30.6 Å². The Bertz CT molecular complexity index is 764. The Balaban J connectivity index is 1.82. The standard InChI is InChI=1S/C12H14N4O4S/c17-12(10-9-13-16-4-2-1-3-11(10)16)14-21(18,19)15-5-7-20-8-6-15/h1-4,9H,5-8H2,(H,14,17). The number of rotatable bonds is 3. The molecule has 1 saturated heterocycles. The molecule has 0 spiro atoms. The van der Waals surface area contributed by atoms with Crippen molar-refractivity contribution in [2.45, 2.75) is 0 Å². The van der Waals surface area contributed by atoms with Crippen molar-refractivity contribution in [3.63, 3.8) is 0 Å². The maximum absolute atomic E-state index is 12.2. The minimum absolute atomic E-state index is 0.215. The highest BCUT2D eigenvalue weighted by atomic mass is 32.2. The molecule has 1 amide bonds. The van der Waals surface area contributed by atoms with Crippen LogP contribution in [0.5, 0.6) is 0 Å². The SMILES string of the molecule is O=C(NS(=O)(=O)N1CCOCC1)c1cnn2ccccc12. The van der Waals surface area contributed by atoms with E-state index in [9.17, 15) is 13.2 Å². The minimum atomic E-state index is -3.86. The summed E-state index contributed by atoms with van der Waals surface area (Å²) in [4.78, 5) is 12.2. The van der Waals surface area contributed by atoms with Gasteiger partial charge in [-0.15, -0.1) is 0 Å². The summed E-state index contributed by atoms with van der Waals surface area (Å²) in [6.45, 7) is 1.12. The number of hydrogen-bond donors (Lipinski definition) is 1. The maximum Gasteiger partial charge on any atom is 0.304 e. The van der Waals surface area contributed by atoms with Gasteiger partial charge in [-0.05, 0) is 12.1 Å². The third kappa shape index (κ3) is 2.75. The lowest BCUT2D eigenvalue weighted by Gasteiger charge is -2.25. The summed E-state index contributed by atoms with van der Waals surface area (Å²) in [5.41, 5.74) is 0.764. The van der Waals surface area contributed by atoms with Gasteiger partial charge < -0.3 is 4.74 Å². The van der Waals surface area contributed by atoms with E-state index >= 15 is 0 Å². The van der Waals surface area contributed by atoms with Crippen LogP contribution in [0.4, 0.5) is 0 Å². The summed E-state index contributed by atoms with van der Waals surface area (Å²) in [6, 6.07) is 5.22. The molecule has 0 bridgehead atoms. The third-order valence-electron chi connectivity index (χ3n) is 3.20. The molecule has 0 radical (unpaired) electrons. The van der Waals surface area contributed by atoms with Crippen LogP contribution in [-0.4, -0.2) is 54.5 Å². The molecule has 1 aliphatic heterocycles. The molecule has 3 rings (SSSR count). The van der Waals surface area contributed by atoms with Gasteiger partial charge in [-0.1, -0.05) is 6.07 Å². The second-order valence-corrected chi connectivity index (χ2v) is 6.21. The fourth-order valence-corrected chi connectivity index (χ4v) is 3.24. The van der Waals surface area contributed by atoms with Crippen LogP contribution in [-0.2, 0) is 14.9 Å². The molecule has 1 fully saturated rings. The van der Waals surface area contributed by atoms with E-state index < -0.39 is 16.1 Å². The molecule has 0 aliphatic carbocycles. The third-order valence-corrected chi connectivity index (χ3v) is 4.69. The van der Waals surface area contributed by atoms with Crippen molar-refractivity contribution in [3.8, 4) is 0 Å². The lowest BCUT2D eigenvalue weighted by atomic mass is 10.2. The van der Waals surface area contributed by atoms with E-state index in [1.54, 1.807) is 24.4 Å². The number of carbonyl (C=O) groups is 1. The van der Waals surface area contributed by atoms with Gasteiger partial charge in [-0.25, -0.2) is 9.24 Å². The highest BCUT2D eigenvalue weighted by Crippen LogP contribution is 2.11. The lowest BCUT2D eigenvalue weighted by Crippen LogP contribution is -2.48. The summed E-state index contributed by atoms with van der Waals surface area (Å²) < 4.78 is 34.2. The highest BCUT2D eigenvalue weighted by molar-refractivity contribution is 7.87. The summed E-state index contributed by atoms with van der Waals surface area (Å²) >= 11 is 0. The number of hydrogen-bond acceptors (Lipinski definition) is 5. The van der Waals surface area contributed by atoms with Gasteiger partial charge in [-0.2, -0.15) is 17.8 Å². The normalized spacial score (nSPS) is 17.0. The summed E-state index contributed by atoms with van der Waals surface area (Å²) in [5, 5.41) is 4.01. The fourth-order valence-electron chi connectivity index (χ4n) is 2.13. The molecule has 0 aromatic carbocycles. The van der Waals surface area contributed by atoms with Crippen LogP contribution in [0.1, 0.15) is 10.4 Å². The number of nitrogens with one attached hydrogen (secondary N) is 1. The molecule has 0 atom stereocenters. The first kappa shape index (κ1) is 14.0. The van der Waals surface area contributed by atoms with E-state index in [-0.39, 0.29) is 18.7 Å². The van der Waals surface area contributed by atoms with Crippen molar-refractivity contribution in [2.75, 3.05) is 26.3 Å². The first-order valence-corrected chi connectivity index (χ1v) is 7.84. The number of nitrogens with zero attached hydrogens (tertiary/aromatic N) is 3. The van der Waals surface area contributed by atoms with Crippen molar-refractivity contribution in [1.82, 2.24) is 18.6 Å². The van der Waals surface area contributed by atoms with Gasteiger partial charge in [0.2, 0.25) is 0 Å². The Morgan fingerprint density at radius 1 is 1.29 bits per heavy atom. The number of aromatic nitrogens is 2. The van der Waals surface area contributed by atoms with Crippen LogP contribution in [0, 0.1) is 0 Å². The molecule has 21 heavy (non-hydrogen) atoms. The van der Waals surface area contributed by atoms with Crippen LogP contribution in [0.25, 0.3) is 5.52 Å². The number of pyridine rings is 1. The van der Waals surface area contributed by atoms with E-state index in [1.165, 1.54) is 15.0 Å². The molecular formula is C12H14N4O4S. The topological polar surface area (TPSA) is 93.0 Å². The molecular weight excluding hydrogens is 296 g/mol. The van der Waals surface area contributed by atoms with Gasteiger partial charge in [0.25, 0.3) is 5.91 Å². The molecule has 1 N–H and O–H groups in total.